The monoisotopic (exact) mass is 217 g/mol. The molecule has 1 rings (SSSR count). The maximum Gasteiger partial charge on any atom is 0.223 e. The van der Waals surface area contributed by atoms with Gasteiger partial charge in [-0.3, -0.25) is 4.79 Å². The van der Waals surface area contributed by atoms with Gasteiger partial charge in [0.15, 0.2) is 0 Å². The molecule has 0 aromatic heterocycles. The summed E-state index contributed by atoms with van der Waals surface area (Å²) in [5.41, 5.74) is 0. The average molecular weight is 217 g/mol. The Balaban J connectivity index is 2.30. The van der Waals surface area contributed by atoms with Crippen LogP contribution in [0.25, 0.3) is 0 Å². The second-order valence-corrected chi connectivity index (χ2v) is 4.83. The van der Waals surface area contributed by atoms with Crippen molar-refractivity contribution in [2.24, 2.45) is 5.92 Å². The van der Waals surface area contributed by atoms with Crippen molar-refractivity contribution < 1.29 is 9.90 Å². The fourth-order valence-corrected chi connectivity index (χ4v) is 2.04. The van der Waals surface area contributed by atoms with E-state index < -0.39 is 0 Å². The standard InChI is InChI=1S/C10H19NO2S/c1-7(6-12)11-10(13)8-2-4-9(14)5-3-8/h7-9,12,14H,2-6H2,1H3,(H,11,13). The average Bonchev–Trinajstić information content (AvgIpc) is 2.18. The normalized spacial score (nSPS) is 29.6. The van der Waals surface area contributed by atoms with E-state index in [9.17, 15) is 4.79 Å². The minimum atomic E-state index is -0.128. The number of carbonyl (C=O) groups is 1. The highest BCUT2D eigenvalue weighted by Gasteiger charge is 2.25. The highest BCUT2D eigenvalue weighted by Crippen LogP contribution is 2.27. The predicted octanol–water partition coefficient (Wildman–Crippen LogP) is 0.972. The van der Waals surface area contributed by atoms with E-state index in [0.29, 0.717) is 5.25 Å². The summed E-state index contributed by atoms with van der Waals surface area (Å²) in [4.78, 5) is 11.6. The second kappa shape index (κ2) is 5.61. The largest absolute Gasteiger partial charge is 0.394 e. The molecule has 82 valence electrons. The third-order valence-corrected chi connectivity index (χ3v) is 3.25. The zero-order chi connectivity index (χ0) is 10.6. The Labute approximate surface area is 90.7 Å². The van der Waals surface area contributed by atoms with Crippen LogP contribution < -0.4 is 5.32 Å². The summed E-state index contributed by atoms with van der Waals surface area (Å²) in [7, 11) is 0. The molecule has 1 unspecified atom stereocenters. The molecule has 3 nitrogen and oxygen atoms in total. The molecule has 0 radical (unpaired) electrons. The van der Waals surface area contributed by atoms with E-state index in [-0.39, 0.29) is 24.5 Å². The molecule has 0 saturated heterocycles. The SMILES string of the molecule is CC(CO)NC(=O)C1CCC(S)CC1. The maximum absolute atomic E-state index is 11.6. The quantitative estimate of drug-likeness (QED) is 0.617. The summed E-state index contributed by atoms with van der Waals surface area (Å²) in [6, 6.07) is -0.128. The Kier molecular flexibility index (Phi) is 4.75. The summed E-state index contributed by atoms with van der Waals surface area (Å²) in [5.74, 6) is 0.221. The molecule has 2 N–H and O–H groups in total. The highest BCUT2D eigenvalue weighted by molar-refractivity contribution is 7.80. The third-order valence-electron chi connectivity index (χ3n) is 2.73. The minimum Gasteiger partial charge on any atom is -0.394 e. The number of carbonyl (C=O) groups excluding carboxylic acids is 1. The molecule has 1 aliphatic carbocycles. The van der Waals surface area contributed by atoms with Crippen molar-refractivity contribution in [3.8, 4) is 0 Å². The summed E-state index contributed by atoms with van der Waals surface area (Å²) < 4.78 is 0. The lowest BCUT2D eigenvalue weighted by Crippen LogP contribution is -2.40. The fraction of sp³-hybridized carbons (Fsp3) is 0.900. The van der Waals surface area contributed by atoms with Gasteiger partial charge in [0.05, 0.1) is 6.61 Å². The zero-order valence-electron chi connectivity index (χ0n) is 8.57. The van der Waals surface area contributed by atoms with Gasteiger partial charge in [0.25, 0.3) is 0 Å². The van der Waals surface area contributed by atoms with Crippen LogP contribution >= 0.6 is 12.6 Å². The molecule has 0 bridgehead atoms. The number of rotatable bonds is 3. The van der Waals surface area contributed by atoms with Gasteiger partial charge < -0.3 is 10.4 Å². The smallest absolute Gasteiger partial charge is 0.223 e. The first-order chi connectivity index (χ1) is 6.63. The minimum absolute atomic E-state index is 0.00759. The summed E-state index contributed by atoms with van der Waals surface area (Å²) >= 11 is 4.39. The number of nitrogens with one attached hydrogen (secondary N) is 1. The Bertz CT molecular complexity index is 191. The van der Waals surface area contributed by atoms with Crippen molar-refractivity contribution in [2.45, 2.75) is 43.9 Å². The second-order valence-electron chi connectivity index (χ2n) is 4.10. The molecule has 1 atom stereocenters. The van der Waals surface area contributed by atoms with Crippen LogP contribution in [-0.2, 0) is 4.79 Å². The van der Waals surface area contributed by atoms with Crippen molar-refractivity contribution in [1.82, 2.24) is 5.32 Å². The van der Waals surface area contributed by atoms with E-state index in [1.165, 1.54) is 0 Å². The number of hydrogen-bond acceptors (Lipinski definition) is 3. The molecule has 14 heavy (non-hydrogen) atoms. The van der Waals surface area contributed by atoms with Crippen molar-refractivity contribution in [1.29, 1.82) is 0 Å². The topological polar surface area (TPSA) is 49.3 Å². The summed E-state index contributed by atoms with van der Waals surface area (Å²) in [5, 5.41) is 12.1. The number of aliphatic hydroxyl groups is 1. The Hall–Kier alpha value is -0.220. The van der Waals surface area contributed by atoms with Gasteiger partial charge in [-0.15, -0.1) is 0 Å². The first-order valence-corrected chi connectivity index (χ1v) is 5.74. The van der Waals surface area contributed by atoms with Crippen molar-refractivity contribution in [2.75, 3.05) is 6.61 Å². The van der Waals surface area contributed by atoms with Crippen LogP contribution in [0.3, 0.4) is 0 Å². The van der Waals surface area contributed by atoms with Gasteiger partial charge in [-0.25, -0.2) is 0 Å². The Morgan fingerprint density at radius 2 is 2.07 bits per heavy atom. The zero-order valence-corrected chi connectivity index (χ0v) is 9.46. The van der Waals surface area contributed by atoms with Gasteiger partial charge in [-0.2, -0.15) is 12.6 Å². The Morgan fingerprint density at radius 1 is 1.50 bits per heavy atom. The van der Waals surface area contributed by atoms with Crippen LogP contribution in [0.2, 0.25) is 0 Å². The molecule has 1 aliphatic rings. The first-order valence-electron chi connectivity index (χ1n) is 5.22. The molecule has 1 saturated carbocycles. The van der Waals surface area contributed by atoms with Crippen molar-refractivity contribution in [3.05, 3.63) is 0 Å². The summed E-state index contributed by atoms with van der Waals surface area (Å²) in [6.07, 6.45) is 3.90. The molecule has 0 aromatic carbocycles. The fourth-order valence-electron chi connectivity index (χ4n) is 1.74. The lowest BCUT2D eigenvalue weighted by Gasteiger charge is -2.25. The highest BCUT2D eigenvalue weighted by atomic mass is 32.1. The van der Waals surface area contributed by atoms with Crippen LogP contribution in [0, 0.1) is 5.92 Å². The van der Waals surface area contributed by atoms with Crippen molar-refractivity contribution >= 4 is 18.5 Å². The van der Waals surface area contributed by atoms with E-state index >= 15 is 0 Å². The van der Waals surface area contributed by atoms with Crippen LogP contribution in [0.1, 0.15) is 32.6 Å². The Morgan fingerprint density at radius 3 is 2.57 bits per heavy atom. The van der Waals surface area contributed by atoms with E-state index in [1.54, 1.807) is 0 Å². The van der Waals surface area contributed by atoms with E-state index in [0.717, 1.165) is 25.7 Å². The molecule has 1 fully saturated rings. The van der Waals surface area contributed by atoms with Crippen LogP contribution in [-0.4, -0.2) is 28.9 Å². The van der Waals surface area contributed by atoms with Gasteiger partial charge >= 0.3 is 0 Å². The van der Waals surface area contributed by atoms with E-state index in [2.05, 4.69) is 17.9 Å². The van der Waals surface area contributed by atoms with Crippen LogP contribution in [0.15, 0.2) is 0 Å². The van der Waals surface area contributed by atoms with E-state index in [1.807, 2.05) is 6.92 Å². The molecular weight excluding hydrogens is 198 g/mol. The maximum atomic E-state index is 11.6. The van der Waals surface area contributed by atoms with Gasteiger partial charge in [0.1, 0.15) is 0 Å². The van der Waals surface area contributed by atoms with Gasteiger partial charge in [-0.05, 0) is 32.6 Å². The number of amides is 1. The van der Waals surface area contributed by atoms with Gasteiger partial charge in [0.2, 0.25) is 5.91 Å². The molecule has 1 amide bonds. The lowest BCUT2D eigenvalue weighted by atomic mass is 9.88. The molecular formula is C10H19NO2S. The van der Waals surface area contributed by atoms with Crippen LogP contribution in [0.5, 0.6) is 0 Å². The molecule has 0 spiro atoms. The lowest BCUT2D eigenvalue weighted by molar-refractivity contribution is -0.126. The van der Waals surface area contributed by atoms with Gasteiger partial charge in [0, 0.05) is 17.2 Å². The molecule has 4 heteroatoms. The number of hydrogen-bond donors (Lipinski definition) is 3. The summed E-state index contributed by atoms with van der Waals surface area (Å²) in [6.45, 7) is 1.82. The predicted molar refractivity (Wildman–Crippen MR) is 59.4 cm³/mol. The van der Waals surface area contributed by atoms with Crippen LogP contribution in [0.4, 0.5) is 0 Å². The molecule has 0 heterocycles. The molecule has 0 aromatic rings. The van der Waals surface area contributed by atoms with E-state index in [4.69, 9.17) is 5.11 Å². The van der Waals surface area contributed by atoms with Crippen molar-refractivity contribution in [3.63, 3.8) is 0 Å². The third kappa shape index (κ3) is 3.50. The molecule has 0 aliphatic heterocycles. The number of thiol groups is 1. The number of aliphatic hydroxyl groups excluding tert-OH is 1. The van der Waals surface area contributed by atoms with Gasteiger partial charge in [-0.1, -0.05) is 0 Å². The first kappa shape index (κ1) is 11.9.